The van der Waals surface area contributed by atoms with E-state index in [-0.39, 0.29) is 17.6 Å². The number of hydrogen-bond donors (Lipinski definition) is 2. The number of carboxylic acids is 1. The Kier molecular flexibility index (Phi) is 3.99. The Hall–Kier alpha value is -1.30. The highest BCUT2D eigenvalue weighted by atomic mass is 16.5. The van der Waals surface area contributed by atoms with E-state index in [1.807, 2.05) is 6.92 Å². The highest BCUT2D eigenvalue weighted by molar-refractivity contribution is 5.83. The summed E-state index contributed by atoms with van der Waals surface area (Å²) in [7, 11) is 1.66. The van der Waals surface area contributed by atoms with Crippen molar-refractivity contribution in [3.63, 3.8) is 0 Å². The second kappa shape index (κ2) is 5.36. The van der Waals surface area contributed by atoms with Crippen molar-refractivity contribution >= 4 is 12.0 Å². The van der Waals surface area contributed by atoms with Gasteiger partial charge in [-0.25, -0.2) is 9.59 Å². The molecule has 0 aromatic carbocycles. The summed E-state index contributed by atoms with van der Waals surface area (Å²) in [6.45, 7) is 2.83. The Balaban J connectivity index is 1.91. The molecule has 0 aromatic heterocycles. The molecule has 0 aromatic rings. The van der Waals surface area contributed by atoms with E-state index in [9.17, 15) is 14.7 Å². The lowest BCUT2D eigenvalue weighted by Gasteiger charge is -2.40. The van der Waals surface area contributed by atoms with Gasteiger partial charge in [0.1, 0.15) is 6.04 Å². The van der Waals surface area contributed by atoms with Gasteiger partial charge >= 0.3 is 12.0 Å². The molecule has 1 aliphatic heterocycles. The van der Waals surface area contributed by atoms with Crippen LogP contribution in [0.15, 0.2) is 0 Å². The van der Waals surface area contributed by atoms with Gasteiger partial charge in [0.25, 0.3) is 0 Å². The van der Waals surface area contributed by atoms with Crippen molar-refractivity contribution < 1.29 is 19.4 Å². The van der Waals surface area contributed by atoms with Gasteiger partial charge in [0.05, 0.1) is 5.60 Å². The van der Waals surface area contributed by atoms with Gasteiger partial charge in [-0.05, 0) is 31.6 Å². The molecule has 1 heterocycles. The molecule has 108 valence electrons. The molecule has 1 saturated heterocycles. The lowest BCUT2D eigenvalue weighted by molar-refractivity contribution is -0.142. The molecule has 1 saturated carbocycles. The number of aliphatic carboxylic acids is 1. The molecule has 0 radical (unpaired) electrons. The standard InChI is InChI=1S/C13H22N2O4/c1-9-4-7-15(10(9)11(16)17)12(18)14-8-13(19-2)5-3-6-13/h9-10H,3-8H2,1-2H3,(H,14,18)(H,16,17). The van der Waals surface area contributed by atoms with Crippen molar-refractivity contribution in [3.05, 3.63) is 0 Å². The van der Waals surface area contributed by atoms with E-state index in [0.29, 0.717) is 13.1 Å². The fourth-order valence-corrected chi connectivity index (χ4v) is 2.91. The molecule has 2 fully saturated rings. The van der Waals surface area contributed by atoms with Crippen molar-refractivity contribution in [2.45, 2.75) is 44.2 Å². The van der Waals surface area contributed by atoms with Crippen LogP contribution in [0.4, 0.5) is 4.79 Å². The second-order valence-corrected chi connectivity index (χ2v) is 5.64. The van der Waals surface area contributed by atoms with Crippen molar-refractivity contribution in [3.8, 4) is 0 Å². The molecular weight excluding hydrogens is 248 g/mol. The number of nitrogens with one attached hydrogen (secondary N) is 1. The average molecular weight is 270 g/mol. The summed E-state index contributed by atoms with van der Waals surface area (Å²) in [5, 5.41) is 12.0. The topological polar surface area (TPSA) is 78.9 Å². The molecule has 2 N–H and O–H groups in total. The second-order valence-electron chi connectivity index (χ2n) is 5.64. The first-order chi connectivity index (χ1) is 8.99. The normalized spacial score (nSPS) is 28.8. The zero-order valence-corrected chi connectivity index (χ0v) is 11.5. The molecule has 2 unspecified atom stereocenters. The zero-order chi connectivity index (χ0) is 14.0. The number of amides is 2. The predicted molar refractivity (Wildman–Crippen MR) is 68.9 cm³/mol. The Bertz CT molecular complexity index is 362. The summed E-state index contributed by atoms with van der Waals surface area (Å²) in [6, 6.07) is -1.00. The van der Waals surface area contributed by atoms with Gasteiger partial charge in [-0.2, -0.15) is 0 Å². The first-order valence-electron chi connectivity index (χ1n) is 6.81. The molecule has 2 aliphatic rings. The SMILES string of the molecule is COC1(CNC(=O)N2CCC(C)C2C(=O)O)CCC1. The van der Waals surface area contributed by atoms with Crippen LogP contribution in [0.25, 0.3) is 0 Å². The lowest BCUT2D eigenvalue weighted by atomic mass is 9.80. The third-order valence-electron chi connectivity index (χ3n) is 4.47. The Morgan fingerprint density at radius 2 is 2.16 bits per heavy atom. The van der Waals surface area contributed by atoms with Crippen LogP contribution >= 0.6 is 0 Å². The summed E-state index contributed by atoms with van der Waals surface area (Å²) in [5.41, 5.74) is -0.236. The van der Waals surface area contributed by atoms with Gasteiger partial charge in [-0.1, -0.05) is 6.92 Å². The van der Waals surface area contributed by atoms with Crippen LogP contribution in [0.3, 0.4) is 0 Å². The van der Waals surface area contributed by atoms with Crippen LogP contribution in [0.2, 0.25) is 0 Å². The number of hydrogen-bond acceptors (Lipinski definition) is 3. The van der Waals surface area contributed by atoms with Crippen LogP contribution in [-0.2, 0) is 9.53 Å². The van der Waals surface area contributed by atoms with Gasteiger partial charge in [0, 0.05) is 20.2 Å². The summed E-state index contributed by atoms with van der Waals surface area (Å²) in [5.74, 6) is -0.923. The number of carbonyl (C=O) groups excluding carboxylic acids is 1. The molecule has 2 amide bonds. The number of carboxylic acid groups (broad SMARTS) is 1. The highest BCUT2D eigenvalue weighted by Crippen LogP contribution is 2.34. The molecule has 2 atom stereocenters. The van der Waals surface area contributed by atoms with E-state index in [4.69, 9.17) is 4.74 Å². The number of carbonyl (C=O) groups is 2. The van der Waals surface area contributed by atoms with E-state index in [1.54, 1.807) is 7.11 Å². The number of methoxy groups -OCH3 is 1. The van der Waals surface area contributed by atoms with E-state index in [0.717, 1.165) is 25.7 Å². The summed E-state index contributed by atoms with van der Waals surface area (Å²) in [4.78, 5) is 24.7. The zero-order valence-electron chi connectivity index (χ0n) is 11.5. The van der Waals surface area contributed by atoms with Gasteiger partial charge < -0.3 is 20.1 Å². The van der Waals surface area contributed by atoms with Crippen molar-refractivity contribution in [1.29, 1.82) is 0 Å². The molecule has 0 bridgehead atoms. The smallest absolute Gasteiger partial charge is 0.326 e. The Morgan fingerprint density at radius 3 is 2.63 bits per heavy atom. The maximum absolute atomic E-state index is 12.1. The Morgan fingerprint density at radius 1 is 1.47 bits per heavy atom. The molecule has 6 heteroatoms. The van der Waals surface area contributed by atoms with Crippen molar-refractivity contribution in [2.24, 2.45) is 5.92 Å². The first kappa shape index (κ1) is 14.1. The van der Waals surface area contributed by atoms with E-state index >= 15 is 0 Å². The minimum atomic E-state index is -0.926. The molecule has 1 aliphatic carbocycles. The van der Waals surface area contributed by atoms with Crippen molar-refractivity contribution in [2.75, 3.05) is 20.2 Å². The fourth-order valence-electron chi connectivity index (χ4n) is 2.91. The minimum absolute atomic E-state index is 0.00309. The van der Waals surface area contributed by atoms with E-state index in [2.05, 4.69) is 5.32 Å². The van der Waals surface area contributed by atoms with E-state index in [1.165, 1.54) is 4.90 Å². The molecule has 0 spiro atoms. The molecule has 2 rings (SSSR count). The van der Waals surface area contributed by atoms with Gasteiger partial charge in [-0.15, -0.1) is 0 Å². The number of nitrogens with zero attached hydrogens (tertiary/aromatic N) is 1. The Labute approximate surface area is 113 Å². The van der Waals surface area contributed by atoms with Crippen LogP contribution in [0, 0.1) is 5.92 Å². The van der Waals surface area contributed by atoms with E-state index < -0.39 is 12.0 Å². The lowest BCUT2D eigenvalue weighted by Crippen LogP contribution is -2.54. The fraction of sp³-hybridized carbons (Fsp3) is 0.846. The van der Waals surface area contributed by atoms with Gasteiger partial charge in [-0.3, -0.25) is 0 Å². The maximum atomic E-state index is 12.1. The number of likely N-dealkylation sites (tertiary alicyclic amines) is 1. The minimum Gasteiger partial charge on any atom is -0.480 e. The van der Waals surface area contributed by atoms with Gasteiger partial charge in [0.2, 0.25) is 0 Å². The summed E-state index contributed by atoms with van der Waals surface area (Å²) >= 11 is 0. The number of urea groups is 1. The predicted octanol–water partition coefficient (Wildman–Crippen LogP) is 1.06. The number of ether oxygens (including phenoxy) is 1. The highest BCUT2D eigenvalue weighted by Gasteiger charge is 2.41. The maximum Gasteiger partial charge on any atom is 0.326 e. The van der Waals surface area contributed by atoms with Crippen molar-refractivity contribution in [1.82, 2.24) is 10.2 Å². The van der Waals surface area contributed by atoms with Crippen LogP contribution in [0.1, 0.15) is 32.6 Å². The molecule has 19 heavy (non-hydrogen) atoms. The van der Waals surface area contributed by atoms with Crippen LogP contribution in [-0.4, -0.2) is 53.8 Å². The quantitative estimate of drug-likeness (QED) is 0.800. The summed E-state index contributed by atoms with van der Waals surface area (Å²) < 4.78 is 5.43. The third-order valence-corrected chi connectivity index (χ3v) is 4.47. The third kappa shape index (κ3) is 2.68. The molecule has 6 nitrogen and oxygen atoms in total. The van der Waals surface area contributed by atoms with Gasteiger partial charge in [0.15, 0.2) is 0 Å². The largest absolute Gasteiger partial charge is 0.480 e. The summed E-state index contributed by atoms with van der Waals surface area (Å²) in [6.07, 6.45) is 3.74. The molecular formula is C13H22N2O4. The van der Waals surface area contributed by atoms with Crippen LogP contribution in [0.5, 0.6) is 0 Å². The number of rotatable bonds is 4. The van der Waals surface area contributed by atoms with Crippen LogP contribution < -0.4 is 5.32 Å². The first-order valence-corrected chi connectivity index (χ1v) is 6.81. The average Bonchev–Trinajstić information content (AvgIpc) is 2.70. The monoisotopic (exact) mass is 270 g/mol.